The molecule has 2 unspecified atom stereocenters. The lowest BCUT2D eigenvalue weighted by atomic mass is 9.90. The average molecular weight is 329 g/mol. The maximum atomic E-state index is 12.8. The molecule has 24 heavy (non-hydrogen) atoms. The molecule has 2 N–H and O–H groups in total. The molecule has 6 heteroatoms. The van der Waals surface area contributed by atoms with E-state index in [0.717, 1.165) is 12.8 Å². The number of nitrogens with zero attached hydrogens (tertiary/aromatic N) is 2. The summed E-state index contributed by atoms with van der Waals surface area (Å²) in [6.07, 6.45) is 3.77. The quantitative estimate of drug-likeness (QED) is 0.925. The van der Waals surface area contributed by atoms with Crippen molar-refractivity contribution in [2.75, 3.05) is 13.1 Å². The largest absolute Gasteiger partial charge is 0.454 e. The van der Waals surface area contributed by atoms with Gasteiger partial charge in [0, 0.05) is 31.4 Å². The molecule has 1 aliphatic rings. The Morgan fingerprint density at radius 2 is 2.17 bits per heavy atom. The molecule has 128 valence electrons. The molecule has 3 rings (SSSR count). The molecule has 3 heterocycles. The maximum absolute atomic E-state index is 12.8. The van der Waals surface area contributed by atoms with Crippen LogP contribution in [0.5, 0.6) is 0 Å². The second kappa shape index (κ2) is 7.05. The van der Waals surface area contributed by atoms with E-state index in [0.29, 0.717) is 37.1 Å². The molecule has 0 saturated carbocycles. The lowest BCUT2D eigenvalue weighted by Crippen LogP contribution is -2.51. The van der Waals surface area contributed by atoms with E-state index < -0.39 is 0 Å². The standard InChI is InChI=1S/C18H23N3O3/c1-13-5-4-10-21(15(13)11-19)18(23)16-8-7-14(24-16)12-20-9-3-2-6-17(20)22/h2-3,6-9,13,15H,4-5,10-12,19H2,1H3. The van der Waals surface area contributed by atoms with Crippen molar-refractivity contribution in [2.24, 2.45) is 11.7 Å². The Morgan fingerprint density at radius 1 is 1.33 bits per heavy atom. The highest BCUT2D eigenvalue weighted by molar-refractivity contribution is 5.91. The molecule has 1 saturated heterocycles. The molecule has 0 aromatic carbocycles. The van der Waals surface area contributed by atoms with Gasteiger partial charge in [-0.3, -0.25) is 9.59 Å². The van der Waals surface area contributed by atoms with Gasteiger partial charge < -0.3 is 19.6 Å². The van der Waals surface area contributed by atoms with Crippen molar-refractivity contribution in [3.05, 3.63) is 58.4 Å². The van der Waals surface area contributed by atoms with Crippen LogP contribution in [0.3, 0.4) is 0 Å². The number of aromatic nitrogens is 1. The van der Waals surface area contributed by atoms with Crippen molar-refractivity contribution in [1.82, 2.24) is 9.47 Å². The number of hydrogen-bond donors (Lipinski definition) is 1. The predicted molar refractivity (Wildman–Crippen MR) is 90.8 cm³/mol. The summed E-state index contributed by atoms with van der Waals surface area (Å²) in [5.41, 5.74) is 5.76. The van der Waals surface area contributed by atoms with Crippen LogP contribution in [0.4, 0.5) is 0 Å². The number of piperidine rings is 1. The smallest absolute Gasteiger partial charge is 0.289 e. The summed E-state index contributed by atoms with van der Waals surface area (Å²) in [6, 6.07) is 8.46. The summed E-state index contributed by atoms with van der Waals surface area (Å²) in [4.78, 5) is 26.3. The van der Waals surface area contributed by atoms with Gasteiger partial charge in [0.25, 0.3) is 11.5 Å². The Balaban J connectivity index is 1.76. The maximum Gasteiger partial charge on any atom is 0.289 e. The van der Waals surface area contributed by atoms with Gasteiger partial charge in [0.1, 0.15) is 5.76 Å². The molecule has 1 fully saturated rings. The van der Waals surface area contributed by atoms with Gasteiger partial charge in [-0.25, -0.2) is 0 Å². The van der Waals surface area contributed by atoms with Gasteiger partial charge in [0.15, 0.2) is 5.76 Å². The highest BCUT2D eigenvalue weighted by Crippen LogP contribution is 2.25. The van der Waals surface area contributed by atoms with Crippen LogP contribution in [-0.2, 0) is 6.54 Å². The van der Waals surface area contributed by atoms with E-state index in [1.165, 1.54) is 6.07 Å². The van der Waals surface area contributed by atoms with Crippen LogP contribution in [0.2, 0.25) is 0 Å². The lowest BCUT2D eigenvalue weighted by Gasteiger charge is -2.38. The fraction of sp³-hybridized carbons (Fsp3) is 0.444. The Labute approximate surface area is 140 Å². The van der Waals surface area contributed by atoms with E-state index in [1.807, 2.05) is 4.90 Å². The number of likely N-dealkylation sites (tertiary alicyclic amines) is 1. The zero-order valence-corrected chi connectivity index (χ0v) is 13.9. The summed E-state index contributed by atoms with van der Waals surface area (Å²) < 4.78 is 7.23. The van der Waals surface area contributed by atoms with E-state index in [9.17, 15) is 9.59 Å². The number of hydrogen-bond acceptors (Lipinski definition) is 4. The lowest BCUT2D eigenvalue weighted by molar-refractivity contribution is 0.0499. The van der Waals surface area contributed by atoms with Crippen molar-refractivity contribution >= 4 is 5.91 Å². The third kappa shape index (κ3) is 3.28. The molecule has 1 aliphatic heterocycles. The molecule has 0 bridgehead atoms. The summed E-state index contributed by atoms with van der Waals surface area (Å²) in [5.74, 6) is 1.16. The van der Waals surface area contributed by atoms with Gasteiger partial charge in [0.05, 0.1) is 6.54 Å². The monoisotopic (exact) mass is 329 g/mol. The minimum absolute atomic E-state index is 0.0524. The van der Waals surface area contributed by atoms with E-state index >= 15 is 0 Å². The first-order valence-corrected chi connectivity index (χ1v) is 8.35. The summed E-state index contributed by atoms with van der Waals surface area (Å²) >= 11 is 0. The molecular formula is C18H23N3O3. The number of pyridine rings is 1. The molecule has 1 amide bonds. The van der Waals surface area contributed by atoms with E-state index in [1.54, 1.807) is 35.0 Å². The minimum atomic E-state index is -0.122. The van der Waals surface area contributed by atoms with Crippen LogP contribution < -0.4 is 11.3 Å². The highest BCUT2D eigenvalue weighted by atomic mass is 16.4. The van der Waals surface area contributed by atoms with E-state index in [-0.39, 0.29) is 17.5 Å². The molecule has 2 atom stereocenters. The average Bonchev–Trinajstić information content (AvgIpc) is 3.04. The summed E-state index contributed by atoms with van der Waals surface area (Å²) in [6.45, 7) is 3.61. The third-order valence-electron chi connectivity index (χ3n) is 4.72. The second-order valence-electron chi connectivity index (χ2n) is 6.35. The molecule has 0 aliphatic carbocycles. The number of rotatable bonds is 4. The molecule has 0 radical (unpaired) electrons. The molecule has 0 spiro atoms. The number of carbonyl (C=O) groups is 1. The minimum Gasteiger partial charge on any atom is -0.454 e. The van der Waals surface area contributed by atoms with Crippen LogP contribution in [0, 0.1) is 5.92 Å². The molecular weight excluding hydrogens is 306 g/mol. The van der Waals surface area contributed by atoms with Crippen molar-refractivity contribution in [2.45, 2.75) is 32.4 Å². The highest BCUT2D eigenvalue weighted by Gasteiger charge is 2.32. The Morgan fingerprint density at radius 3 is 2.92 bits per heavy atom. The van der Waals surface area contributed by atoms with Gasteiger partial charge in [-0.05, 0) is 37.0 Å². The van der Waals surface area contributed by atoms with Gasteiger partial charge in [-0.15, -0.1) is 0 Å². The fourth-order valence-electron chi connectivity index (χ4n) is 3.34. The third-order valence-corrected chi connectivity index (χ3v) is 4.72. The molecule has 2 aromatic rings. The summed E-state index contributed by atoms with van der Waals surface area (Å²) in [5, 5.41) is 0. The first-order valence-electron chi connectivity index (χ1n) is 8.35. The van der Waals surface area contributed by atoms with Crippen LogP contribution in [0.1, 0.15) is 36.1 Å². The van der Waals surface area contributed by atoms with Crippen molar-refractivity contribution < 1.29 is 9.21 Å². The van der Waals surface area contributed by atoms with E-state index in [4.69, 9.17) is 10.2 Å². The first-order chi connectivity index (χ1) is 11.6. The number of furan rings is 1. The van der Waals surface area contributed by atoms with Gasteiger partial charge in [-0.1, -0.05) is 13.0 Å². The second-order valence-corrected chi connectivity index (χ2v) is 6.35. The number of carbonyl (C=O) groups excluding carboxylic acids is 1. The Hall–Kier alpha value is -2.34. The first kappa shape index (κ1) is 16.5. The van der Waals surface area contributed by atoms with Crippen molar-refractivity contribution in [3.8, 4) is 0 Å². The van der Waals surface area contributed by atoms with Gasteiger partial charge in [0.2, 0.25) is 0 Å². The van der Waals surface area contributed by atoms with Gasteiger partial charge in [-0.2, -0.15) is 0 Å². The van der Waals surface area contributed by atoms with Crippen LogP contribution in [0.25, 0.3) is 0 Å². The predicted octanol–water partition coefficient (Wildman–Crippen LogP) is 1.69. The SMILES string of the molecule is CC1CCCN(C(=O)c2ccc(Cn3ccccc3=O)o2)C1CN. The fourth-order valence-corrected chi connectivity index (χ4v) is 3.34. The Bertz CT molecular complexity index is 765. The van der Waals surface area contributed by atoms with Crippen molar-refractivity contribution in [1.29, 1.82) is 0 Å². The van der Waals surface area contributed by atoms with Crippen LogP contribution in [0.15, 0.2) is 45.7 Å². The van der Waals surface area contributed by atoms with Crippen LogP contribution >= 0.6 is 0 Å². The van der Waals surface area contributed by atoms with Crippen LogP contribution in [-0.4, -0.2) is 34.5 Å². The summed E-state index contributed by atoms with van der Waals surface area (Å²) in [7, 11) is 0. The normalized spacial score (nSPS) is 21.0. The molecule has 6 nitrogen and oxygen atoms in total. The topological polar surface area (TPSA) is 81.5 Å². The number of nitrogens with two attached hydrogens (primary N) is 1. The zero-order valence-electron chi connectivity index (χ0n) is 13.9. The number of amides is 1. The van der Waals surface area contributed by atoms with Crippen molar-refractivity contribution in [3.63, 3.8) is 0 Å². The molecule has 2 aromatic heterocycles. The Kier molecular flexibility index (Phi) is 4.85. The van der Waals surface area contributed by atoms with Gasteiger partial charge >= 0.3 is 0 Å². The zero-order chi connectivity index (χ0) is 17.1. The van der Waals surface area contributed by atoms with E-state index in [2.05, 4.69) is 6.92 Å².